The summed E-state index contributed by atoms with van der Waals surface area (Å²) in [5.41, 5.74) is 4.34. The summed E-state index contributed by atoms with van der Waals surface area (Å²) < 4.78 is 5.27. The Kier molecular flexibility index (Phi) is 8.35. The lowest BCUT2D eigenvalue weighted by atomic mass is 9.98. The normalized spacial score (nSPS) is 12.0. The summed E-state index contributed by atoms with van der Waals surface area (Å²) in [6.45, 7) is 1.04. The number of carbonyl (C=O) groups is 2. The number of rotatable bonds is 10. The van der Waals surface area contributed by atoms with Crippen LogP contribution in [0.15, 0.2) is 72.8 Å². The van der Waals surface area contributed by atoms with Gasteiger partial charge < -0.3 is 25.2 Å². The minimum absolute atomic E-state index is 0.00766. The fraction of sp³-hybridized carbons (Fsp3) is 0.233. The van der Waals surface area contributed by atoms with Crippen LogP contribution in [-0.4, -0.2) is 65.8 Å². The van der Waals surface area contributed by atoms with Crippen LogP contribution < -0.4 is 5.32 Å². The number of amides is 1. The number of benzene rings is 3. The standard InChI is InChI=1S/C30H31N3O5/c1-33(2)17-20-5-4-6-21(13-20)22-9-12-27-25(15-22)26(30(36)37)16-28(32-27)29(35)31-23(18-38-3)14-19-7-10-24(34)11-8-19/h4-13,15-16,23,34H,14,17-18H2,1-3H3,(H,31,35)(H,36,37)/t23-/m0/s1. The third-order valence-electron chi connectivity index (χ3n) is 6.15. The molecule has 0 radical (unpaired) electrons. The molecular weight excluding hydrogens is 482 g/mol. The number of carboxylic acids is 1. The molecule has 1 aromatic heterocycles. The van der Waals surface area contributed by atoms with Crippen molar-refractivity contribution in [2.75, 3.05) is 27.8 Å². The van der Waals surface area contributed by atoms with E-state index in [-0.39, 0.29) is 29.7 Å². The van der Waals surface area contributed by atoms with Gasteiger partial charge in [-0.15, -0.1) is 0 Å². The second-order valence-electron chi connectivity index (χ2n) is 9.53. The maximum absolute atomic E-state index is 13.1. The first-order valence-electron chi connectivity index (χ1n) is 12.2. The second kappa shape index (κ2) is 11.9. The molecule has 0 saturated heterocycles. The van der Waals surface area contributed by atoms with Crippen molar-refractivity contribution >= 4 is 22.8 Å². The zero-order valence-corrected chi connectivity index (χ0v) is 21.6. The number of pyridine rings is 1. The topological polar surface area (TPSA) is 112 Å². The number of aromatic nitrogens is 1. The Bertz CT molecular complexity index is 1450. The molecular formula is C30H31N3O5. The van der Waals surface area contributed by atoms with Crippen LogP contribution in [0.3, 0.4) is 0 Å². The smallest absolute Gasteiger partial charge is 0.336 e. The highest BCUT2D eigenvalue weighted by Gasteiger charge is 2.20. The number of hydrogen-bond donors (Lipinski definition) is 3. The highest BCUT2D eigenvalue weighted by atomic mass is 16.5. The van der Waals surface area contributed by atoms with Crippen LogP contribution in [0.25, 0.3) is 22.0 Å². The minimum atomic E-state index is -1.14. The Morgan fingerprint density at radius 2 is 1.71 bits per heavy atom. The zero-order chi connectivity index (χ0) is 27.2. The van der Waals surface area contributed by atoms with Crippen molar-refractivity contribution in [1.82, 2.24) is 15.2 Å². The molecule has 0 aliphatic carbocycles. The number of carboxylic acid groups (broad SMARTS) is 1. The van der Waals surface area contributed by atoms with Crippen LogP contribution in [0.4, 0.5) is 0 Å². The molecule has 1 atom stereocenters. The lowest BCUT2D eigenvalue weighted by Gasteiger charge is -2.18. The van der Waals surface area contributed by atoms with E-state index in [2.05, 4.69) is 27.3 Å². The van der Waals surface area contributed by atoms with Gasteiger partial charge >= 0.3 is 5.97 Å². The molecule has 38 heavy (non-hydrogen) atoms. The van der Waals surface area contributed by atoms with Crippen molar-refractivity contribution < 1.29 is 24.5 Å². The van der Waals surface area contributed by atoms with E-state index >= 15 is 0 Å². The van der Waals surface area contributed by atoms with Crippen molar-refractivity contribution in [2.45, 2.75) is 19.0 Å². The average molecular weight is 514 g/mol. The number of nitrogens with zero attached hydrogens (tertiary/aromatic N) is 2. The molecule has 0 unspecified atom stereocenters. The third-order valence-corrected chi connectivity index (χ3v) is 6.15. The number of ether oxygens (including phenoxy) is 1. The van der Waals surface area contributed by atoms with Crippen molar-refractivity contribution in [2.24, 2.45) is 0 Å². The molecule has 0 fully saturated rings. The number of carbonyl (C=O) groups excluding carboxylic acids is 1. The van der Waals surface area contributed by atoms with E-state index in [4.69, 9.17) is 4.74 Å². The Labute approximate surface area is 221 Å². The van der Waals surface area contributed by atoms with Gasteiger partial charge in [0.15, 0.2) is 0 Å². The first-order valence-corrected chi connectivity index (χ1v) is 12.2. The molecule has 3 aromatic carbocycles. The van der Waals surface area contributed by atoms with Gasteiger partial charge in [-0.2, -0.15) is 0 Å². The minimum Gasteiger partial charge on any atom is -0.508 e. The lowest BCUT2D eigenvalue weighted by Crippen LogP contribution is -2.40. The lowest BCUT2D eigenvalue weighted by molar-refractivity contribution is 0.0699. The number of fused-ring (bicyclic) bond motifs is 1. The predicted octanol–water partition coefficient (Wildman–Crippen LogP) is 4.35. The third kappa shape index (κ3) is 6.53. The number of aromatic hydroxyl groups is 1. The van der Waals surface area contributed by atoms with Crippen molar-refractivity contribution in [3.05, 3.63) is 95.2 Å². The van der Waals surface area contributed by atoms with Crippen LogP contribution in [-0.2, 0) is 17.7 Å². The number of phenols is 1. The predicted molar refractivity (Wildman–Crippen MR) is 146 cm³/mol. The molecule has 4 aromatic rings. The quantitative estimate of drug-likeness (QED) is 0.289. The summed E-state index contributed by atoms with van der Waals surface area (Å²) in [5.74, 6) is -1.47. The van der Waals surface area contributed by atoms with Crippen LogP contribution in [0.1, 0.15) is 32.0 Å². The van der Waals surface area contributed by atoms with E-state index in [0.717, 1.165) is 28.8 Å². The Balaban J connectivity index is 1.63. The molecule has 0 aliphatic rings. The van der Waals surface area contributed by atoms with E-state index in [1.165, 1.54) is 6.07 Å². The van der Waals surface area contributed by atoms with E-state index in [9.17, 15) is 19.8 Å². The van der Waals surface area contributed by atoms with Crippen molar-refractivity contribution in [3.8, 4) is 16.9 Å². The maximum Gasteiger partial charge on any atom is 0.336 e. The molecule has 1 heterocycles. The first kappa shape index (κ1) is 26.8. The van der Waals surface area contributed by atoms with Gasteiger partial charge in [0.25, 0.3) is 5.91 Å². The summed E-state index contributed by atoms with van der Waals surface area (Å²) in [6, 6.07) is 21.2. The number of hydrogen-bond acceptors (Lipinski definition) is 6. The highest BCUT2D eigenvalue weighted by molar-refractivity contribution is 6.06. The van der Waals surface area contributed by atoms with Crippen molar-refractivity contribution in [3.63, 3.8) is 0 Å². The molecule has 8 nitrogen and oxygen atoms in total. The van der Waals surface area contributed by atoms with Crippen LogP contribution in [0.5, 0.6) is 5.75 Å². The van der Waals surface area contributed by atoms with Crippen LogP contribution in [0.2, 0.25) is 0 Å². The summed E-state index contributed by atoms with van der Waals surface area (Å²) in [7, 11) is 5.55. The van der Waals surface area contributed by atoms with Gasteiger partial charge in [0.05, 0.1) is 23.7 Å². The van der Waals surface area contributed by atoms with E-state index in [1.807, 2.05) is 32.3 Å². The van der Waals surface area contributed by atoms with E-state index in [1.54, 1.807) is 43.5 Å². The van der Waals surface area contributed by atoms with Gasteiger partial charge in [-0.05, 0) is 79.2 Å². The summed E-state index contributed by atoms with van der Waals surface area (Å²) in [4.78, 5) is 31.9. The Morgan fingerprint density at radius 3 is 2.39 bits per heavy atom. The largest absolute Gasteiger partial charge is 0.508 e. The molecule has 0 spiro atoms. The van der Waals surface area contributed by atoms with Gasteiger partial charge in [0.2, 0.25) is 0 Å². The van der Waals surface area contributed by atoms with E-state index < -0.39 is 11.9 Å². The molecule has 1 amide bonds. The molecule has 8 heteroatoms. The fourth-order valence-corrected chi connectivity index (χ4v) is 4.44. The SMILES string of the molecule is COC[C@H](Cc1ccc(O)cc1)NC(=O)c1cc(C(=O)O)c2cc(-c3cccc(CN(C)C)c3)ccc2n1. The summed E-state index contributed by atoms with van der Waals surface area (Å²) in [6.07, 6.45) is 0.468. The average Bonchev–Trinajstić information content (AvgIpc) is 2.88. The number of aromatic carboxylic acids is 1. The summed E-state index contributed by atoms with van der Waals surface area (Å²) >= 11 is 0. The van der Waals surface area contributed by atoms with Gasteiger partial charge in [0.1, 0.15) is 11.4 Å². The first-order chi connectivity index (χ1) is 18.2. The maximum atomic E-state index is 13.1. The zero-order valence-electron chi connectivity index (χ0n) is 21.6. The molecule has 3 N–H and O–H groups in total. The van der Waals surface area contributed by atoms with Crippen LogP contribution in [0, 0.1) is 0 Å². The molecule has 0 saturated carbocycles. The van der Waals surface area contributed by atoms with Gasteiger partial charge in [0, 0.05) is 19.0 Å². The monoisotopic (exact) mass is 513 g/mol. The second-order valence-corrected chi connectivity index (χ2v) is 9.53. The molecule has 4 rings (SSSR count). The van der Waals surface area contributed by atoms with Gasteiger partial charge in [-0.25, -0.2) is 9.78 Å². The highest BCUT2D eigenvalue weighted by Crippen LogP contribution is 2.27. The fourth-order valence-electron chi connectivity index (χ4n) is 4.44. The number of methoxy groups -OCH3 is 1. The number of nitrogens with one attached hydrogen (secondary N) is 1. The molecule has 196 valence electrons. The molecule has 0 bridgehead atoms. The Hall–Kier alpha value is -4.27. The molecule has 0 aliphatic heterocycles. The van der Waals surface area contributed by atoms with Gasteiger partial charge in [-0.1, -0.05) is 36.4 Å². The van der Waals surface area contributed by atoms with Gasteiger partial charge in [-0.3, -0.25) is 4.79 Å². The van der Waals surface area contributed by atoms with E-state index in [0.29, 0.717) is 17.3 Å². The van der Waals surface area contributed by atoms with Crippen LogP contribution >= 0.6 is 0 Å². The van der Waals surface area contributed by atoms with Crippen molar-refractivity contribution in [1.29, 1.82) is 0 Å². The Morgan fingerprint density at radius 1 is 0.974 bits per heavy atom. The number of phenolic OH excluding ortho intramolecular Hbond substituents is 1. The summed E-state index contributed by atoms with van der Waals surface area (Å²) in [5, 5.41) is 22.9.